The zero-order valence-electron chi connectivity index (χ0n) is 17.7. The van der Waals surface area contributed by atoms with Gasteiger partial charge in [-0.2, -0.15) is 0 Å². The summed E-state index contributed by atoms with van der Waals surface area (Å²) < 4.78 is 23.5. The third-order valence-electron chi connectivity index (χ3n) is 5.68. The number of hydrogen-bond donors (Lipinski definition) is 0. The van der Waals surface area contributed by atoms with Gasteiger partial charge in [0.25, 0.3) is 0 Å². The summed E-state index contributed by atoms with van der Waals surface area (Å²) in [6.45, 7) is 8.14. The minimum absolute atomic E-state index is 0.323. The van der Waals surface area contributed by atoms with Gasteiger partial charge in [0, 0.05) is 31.8 Å². The number of carbonyl (C=O) groups excluding carboxylic acids is 1. The monoisotopic (exact) mass is 408 g/mol. The van der Waals surface area contributed by atoms with Crippen LogP contribution in [0, 0.1) is 0 Å². The fourth-order valence-corrected chi connectivity index (χ4v) is 4.65. The Labute approximate surface area is 171 Å². The average molecular weight is 409 g/mol. The summed E-state index contributed by atoms with van der Waals surface area (Å²) in [7, 11) is -3.17. The van der Waals surface area contributed by atoms with Crippen molar-refractivity contribution >= 4 is 15.7 Å². The summed E-state index contributed by atoms with van der Waals surface area (Å²) in [4.78, 5) is 17.0. The molecule has 1 aliphatic heterocycles. The first kappa shape index (κ1) is 22.9. The first-order chi connectivity index (χ1) is 13.3. The normalized spacial score (nSPS) is 17.0. The van der Waals surface area contributed by atoms with Gasteiger partial charge in [-0.3, -0.25) is 4.79 Å². The van der Waals surface area contributed by atoms with Crippen molar-refractivity contribution in [1.82, 2.24) is 9.80 Å². The minimum atomic E-state index is -3.17. The number of hydrogen-bond acceptors (Lipinski definition) is 4. The molecule has 28 heavy (non-hydrogen) atoms. The van der Waals surface area contributed by atoms with E-state index in [-0.39, 0.29) is 0 Å². The van der Waals surface area contributed by atoms with E-state index in [1.807, 2.05) is 17.0 Å². The van der Waals surface area contributed by atoms with Gasteiger partial charge in [0.05, 0.1) is 4.90 Å². The van der Waals surface area contributed by atoms with Gasteiger partial charge in [0.1, 0.15) is 0 Å². The number of likely N-dealkylation sites (tertiary alicyclic amines) is 1. The van der Waals surface area contributed by atoms with Crippen LogP contribution in [0.15, 0.2) is 29.2 Å². The number of unbranched alkanes of at least 4 members (excludes halogenated alkanes) is 1. The number of benzene rings is 1. The first-order valence-corrected chi connectivity index (χ1v) is 12.5. The Kier molecular flexibility index (Phi) is 8.96. The number of sulfone groups is 1. The standard InChI is InChI=1S/C22H36N2O3S/c1-4-23(14-8-9-16-24-15-7-5-6-13-22(24)25)19(2)17-20-11-10-12-21(18-20)28(3,26)27/h10-12,18-19H,4-9,13-17H2,1-3H3. The van der Waals surface area contributed by atoms with E-state index >= 15 is 0 Å². The second kappa shape index (κ2) is 11.0. The van der Waals surface area contributed by atoms with Gasteiger partial charge in [0.15, 0.2) is 9.84 Å². The molecule has 1 saturated heterocycles. The predicted molar refractivity (Wildman–Crippen MR) is 114 cm³/mol. The molecule has 5 nitrogen and oxygen atoms in total. The number of carbonyl (C=O) groups is 1. The molecule has 0 radical (unpaired) electrons. The molecule has 1 unspecified atom stereocenters. The van der Waals surface area contributed by atoms with Gasteiger partial charge >= 0.3 is 0 Å². The molecule has 0 aromatic heterocycles. The number of amides is 1. The highest BCUT2D eigenvalue weighted by molar-refractivity contribution is 7.90. The maximum absolute atomic E-state index is 12.1. The third-order valence-corrected chi connectivity index (χ3v) is 6.79. The lowest BCUT2D eigenvalue weighted by Crippen LogP contribution is -2.36. The van der Waals surface area contributed by atoms with Crippen molar-refractivity contribution < 1.29 is 13.2 Å². The summed E-state index contributed by atoms with van der Waals surface area (Å²) in [5.41, 5.74) is 1.06. The SMILES string of the molecule is CCN(CCCCN1CCCCCC1=O)C(C)Cc1cccc(S(C)(=O)=O)c1. The molecule has 1 atom stereocenters. The summed E-state index contributed by atoms with van der Waals surface area (Å²) in [5.74, 6) is 0.323. The van der Waals surface area contributed by atoms with Gasteiger partial charge in [-0.05, 0) is 69.8 Å². The van der Waals surface area contributed by atoms with Gasteiger partial charge in [0.2, 0.25) is 5.91 Å². The molecule has 2 rings (SSSR count). The molecule has 0 saturated carbocycles. The van der Waals surface area contributed by atoms with Crippen molar-refractivity contribution in [3.63, 3.8) is 0 Å². The van der Waals surface area contributed by atoms with E-state index in [0.29, 0.717) is 23.3 Å². The Morgan fingerprint density at radius 2 is 1.96 bits per heavy atom. The molecule has 1 fully saturated rings. The zero-order valence-corrected chi connectivity index (χ0v) is 18.5. The molecular weight excluding hydrogens is 372 g/mol. The van der Waals surface area contributed by atoms with Crippen LogP contribution in [-0.2, 0) is 21.1 Å². The van der Waals surface area contributed by atoms with Gasteiger partial charge in [-0.25, -0.2) is 8.42 Å². The van der Waals surface area contributed by atoms with E-state index in [1.165, 1.54) is 12.7 Å². The van der Waals surface area contributed by atoms with Crippen LogP contribution < -0.4 is 0 Å². The van der Waals surface area contributed by atoms with E-state index in [9.17, 15) is 13.2 Å². The highest BCUT2D eigenvalue weighted by Crippen LogP contribution is 2.16. The molecule has 0 aliphatic carbocycles. The van der Waals surface area contributed by atoms with Crippen molar-refractivity contribution in [2.75, 3.05) is 32.4 Å². The molecule has 158 valence electrons. The summed E-state index contributed by atoms with van der Waals surface area (Å²) in [6, 6.07) is 7.63. The Bertz CT molecular complexity index is 733. The van der Waals surface area contributed by atoms with Gasteiger partial charge in [-0.15, -0.1) is 0 Å². The van der Waals surface area contributed by atoms with Crippen LogP contribution in [0.4, 0.5) is 0 Å². The van der Waals surface area contributed by atoms with Crippen LogP contribution in [-0.4, -0.2) is 62.6 Å². The van der Waals surface area contributed by atoms with Crippen molar-refractivity contribution in [2.24, 2.45) is 0 Å². The highest BCUT2D eigenvalue weighted by Gasteiger charge is 2.17. The lowest BCUT2D eigenvalue weighted by Gasteiger charge is -2.28. The van der Waals surface area contributed by atoms with E-state index < -0.39 is 9.84 Å². The molecule has 0 N–H and O–H groups in total. The average Bonchev–Trinajstić information content (AvgIpc) is 2.85. The smallest absolute Gasteiger partial charge is 0.222 e. The molecule has 0 spiro atoms. The Balaban J connectivity index is 1.81. The van der Waals surface area contributed by atoms with Gasteiger partial charge in [-0.1, -0.05) is 25.5 Å². The number of likely N-dealkylation sites (N-methyl/N-ethyl adjacent to an activating group) is 1. The van der Waals surface area contributed by atoms with E-state index in [1.54, 1.807) is 12.1 Å². The molecule has 0 bridgehead atoms. The van der Waals surface area contributed by atoms with Gasteiger partial charge < -0.3 is 9.80 Å². The summed E-state index contributed by atoms with van der Waals surface area (Å²) in [5, 5.41) is 0. The molecule has 1 heterocycles. The topological polar surface area (TPSA) is 57.7 Å². The molecule has 1 aromatic rings. The second-order valence-electron chi connectivity index (χ2n) is 8.00. The Morgan fingerprint density at radius 1 is 1.18 bits per heavy atom. The fourth-order valence-electron chi connectivity index (χ4n) is 3.96. The second-order valence-corrected chi connectivity index (χ2v) is 10.0. The molecule has 1 aromatic carbocycles. The predicted octanol–water partition coefficient (Wildman–Crippen LogP) is 3.53. The lowest BCUT2D eigenvalue weighted by molar-refractivity contribution is -0.130. The molecule has 1 aliphatic rings. The van der Waals surface area contributed by atoms with Crippen LogP contribution in [0.3, 0.4) is 0 Å². The van der Waals surface area contributed by atoms with E-state index in [0.717, 1.165) is 63.8 Å². The fraction of sp³-hybridized carbons (Fsp3) is 0.682. The van der Waals surface area contributed by atoms with Crippen LogP contribution >= 0.6 is 0 Å². The highest BCUT2D eigenvalue weighted by atomic mass is 32.2. The first-order valence-electron chi connectivity index (χ1n) is 10.6. The van der Waals surface area contributed by atoms with Crippen LogP contribution in [0.2, 0.25) is 0 Å². The largest absolute Gasteiger partial charge is 0.343 e. The Hall–Kier alpha value is -1.40. The van der Waals surface area contributed by atoms with Crippen molar-refractivity contribution in [3.8, 4) is 0 Å². The quantitative estimate of drug-likeness (QED) is 0.556. The van der Waals surface area contributed by atoms with Crippen LogP contribution in [0.1, 0.15) is 57.9 Å². The molecule has 1 amide bonds. The Morgan fingerprint density at radius 3 is 2.68 bits per heavy atom. The lowest BCUT2D eigenvalue weighted by atomic mass is 10.1. The molecular formula is C22H36N2O3S. The number of rotatable bonds is 10. The summed E-state index contributed by atoms with van der Waals surface area (Å²) in [6.07, 6.45) is 8.26. The third kappa shape index (κ3) is 7.21. The van der Waals surface area contributed by atoms with E-state index in [4.69, 9.17) is 0 Å². The maximum Gasteiger partial charge on any atom is 0.222 e. The summed E-state index contributed by atoms with van der Waals surface area (Å²) >= 11 is 0. The van der Waals surface area contributed by atoms with Crippen LogP contribution in [0.25, 0.3) is 0 Å². The van der Waals surface area contributed by atoms with Crippen molar-refractivity contribution in [3.05, 3.63) is 29.8 Å². The maximum atomic E-state index is 12.1. The van der Waals surface area contributed by atoms with Crippen molar-refractivity contribution in [2.45, 2.75) is 69.7 Å². The zero-order chi connectivity index (χ0) is 20.6. The van der Waals surface area contributed by atoms with E-state index in [2.05, 4.69) is 18.7 Å². The minimum Gasteiger partial charge on any atom is -0.343 e. The van der Waals surface area contributed by atoms with Crippen LogP contribution in [0.5, 0.6) is 0 Å². The molecule has 6 heteroatoms. The number of nitrogens with zero attached hydrogens (tertiary/aromatic N) is 2. The van der Waals surface area contributed by atoms with Crippen molar-refractivity contribution in [1.29, 1.82) is 0 Å².